The van der Waals surface area contributed by atoms with E-state index in [4.69, 9.17) is 0 Å². The third-order valence-electron chi connectivity index (χ3n) is 2.88. The molecule has 0 aliphatic heterocycles. The lowest BCUT2D eigenvalue weighted by Crippen LogP contribution is -1.97. The van der Waals surface area contributed by atoms with E-state index in [-0.39, 0.29) is 5.92 Å². The SMILES string of the molecule is FC(F)(F)[s+]1c(C2CC2)cc2ccccc21. The van der Waals surface area contributed by atoms with E-state index in [1.165, 1.54) is 0 Å². The maximum absolute atomic E-state index is 13.0. The molecule has 0 radical (unpaired) electrons. The highest BCUT2D eigenvalue weighted by Crippen LogP contribution is 2.57. The van der Waals surface area contributed by atoms with Gasteiger partial charge < -0.3 is 0 Å². The third kappa shape index (κ3) is 1.52. The molecule has 1 atom stereocenters. The fourth-order valence-electron chi connectivity index (χ4n) is 2.04. The van der Waals surface area contributed by atoms with E-state index < -0.39 is 16.0 Å². The summed E-state index contributed by atoms with van der Waals surface area (Å²) in [5.41, 5.74) is -4.12. The first-order valence-corrected chi connectivity index (χ1v) is 6.41. The minimum Gasteiger partial charge on any atom is -0.118 e. The molecule has 84 valence electrons. The number of thiophene rings is 1. The van der Waals surface area contributed by atoms with Gasteiger partial charge in [0.1, 0.15) is 0 Å². The van der Waals surface area contributed by atoms with E-state index in [9.17, 15) is 13.2 Å². The second-order valence-corrected chi connectivity index (χ2v) is 6.10. The standard InChI is InChI=1S/C12H10F3S/c13-12(14,15)16-10-4-2-1-3-9(10)7-11(16)8-5-6-8/h1-4,7-8H,5-6H2/q+1. The molecule has 1 fully saturated rings. The quantitative estimate of drug-likeness (QED) is 0.622. The van der Waals surface area contributed by atoms with Crippen molar-refractivity contribution in [2.24, 2.45) is 0 Å². The first-order valence-electron chi connectivity index (χ1n) is 5.19. The van der Waals surface area contributed by atoms with Crippen LogP contribution in [0.15, 0.2) is 30.3 Å². The first-order chi connectivity index (χ1) is 7.57. The Morgan fingerprint density at radius 2 is 1.81 bits per heavy atom. The summed E-state index contributed by atoms with van der Waals surface area (Å²) in [6.07, 6.45) is 1.83. The molecule has 3 rings (SSSR count). The third-order valence-corrected chi connectivity index (χ3v) is 5.08. The number of benzene rings is 1. The molecule has 2 aromatic rings. The predicted octanol–water partition coefficient (Wildman–Crippen LogP) is 4.94. The number of hydrogen-bond acceptors (Lipinski definition) is 0. The van der Waals surface area contributed by atoms with Crippen LogP contribution < -0.4 is 0 Å². The number of fused-ring (bicyclic) bond motifs is 1. The summed E-state index contributed by atoms with van der Waals surface area (Å²) in [4.78, 5) is 0.605. The molecule has 1 saturated carbocycles. The Morgan fingerprint density at radius 1 is 1.12 bits per heavy atom. The number of alkyl halides is 3. The van der Waals surface area contributed by atoms with Gasteiger partial charge in [-0.05, 0) is 25.0 Å². The van der Waals surface area contributed by atoms with Crippen LogP contribution in [-0.2, 0) is 5.51 Å². The summed E-state index contributed by atoms with van der Waals surface area (Å²) in [5.74, 6) is 0.178. The first kappa shape index (κ1) is 10.1. The normalized spacial score (nSPS) is 18.1. The van der Waals surface area contributed by atoms with Gasteiger partial charge in [-0.25, -0.2) is 0 Å². The monoisotopic (exact) mass is 243 g/mol. The molecule has 1 aromatic carbocycles. The summed E-state index contributed by atoms with van der Waals surface area (Å²) in [5, 5.41) is 0.755. The molecule has 1 unspecified atom stereocenters. The fourth-order valence-corrected chi connectivity index (χ4v) is 4.20. The Balaban J connectivity index is 2.31. The highest BCUT2D eigenvalue weighted by molar-refractivity contribution is 7.38. The number of hydrogen-bond donors (Lipinski definition) is 0. The summed E-state index contributed by atoms with van der Waals surface area (Å²) in [6, 6.07) is 8.62. The second-order valence-electron chi connectivity index (χ2n) is 4.11. The van der Waals surface area contributed by atoms with E-state index in [2.05, 4.69) is 0 Å². The van der Waals surface area contributed by atoms with E-state index in [0.29, 0.717) is 9.58 Å². The van der Waals surface area contributed by atoms with E-state index in [1.54, 1.807) is 30.3 Å². The Kier molecular flexibility index (Phi) is 2.05. The molecular weight excluding hydrogens is 233 g/mol. The average Bonchev–Trinajstić information content (AvgIpc) is 2.96. The molecule has 16 heavy (non-hydrogen) atoms. The maximum atomic E-state index is 13.0. The lowest BCUT2D eigenvalue weighted by atomic mass is 10.2. The van der Waals surface area contributed by atoms with Crippen LogP contribution in [0, 0.1) is 0 Å². The Hall–Kier alpha value is -1.03. The van der Waals surface area contributed by atoms with E-state index >= 15 is 0 Å². The van der Waals surface area contributed by atoms with Gasteiger partial charge in [-0.15, -0.1) is 13.2 Å². The van der Waals surface area contributed by atoms with Crippen LogP contribution in [0.5, 0.6) is 0 Å². The molecule has 1 aliphatic rings. The van der Waals surface area contributed by atoms with Crippen LogP contribution in [0.1, 0.15) is 23.6 Å². The van der Waals surface area contributed by atoms with Crippen molar-refractivity contribution >= 4 is 20.6 Å². The maximum Gasteiger partial charge on any atom is 0.600 e. The molecule has 1 aromatic heterocycles. The van der Waals surface area contributed by atoms with Gasteiger partial charge >= 0.3 is 5.51 Å². The van der Waals surface area contributed by atoms with Crippen molar-refractivity contribution in [1.29, 1.82) is 0 Å². The summed E-state index contributed by atoms with van der Waals surface area (Å²) < 4.78 is 39.6. The lowest BCUT2D eigenvalue weighted by molar-refractivity contribution is -0.0867. The highest BCUT2D eigenvalue weighted by atomic mass is 32.2. The van der Waals surface area contributed by atoms with Gasteiger partial charge in [0.05, 0.1) is 10.5 Å². The van der Waals surface area contributed by atoms with Crippen molar-refractivity contribution < 1.29 is 13.2 Å². The van der Waals surface area contributed by atoms with Gasteiger partial charge in [0.25, 0.3) is 0 Å². The van der Waals surface area contributed by atoms with Crippen molar-refractivity contribution in [1.82, 2.24) is 0 Å². The Morgan fingerprint density at radius 3 is 2.44 bits per heavy atom. The number of rotatable bonds is 1. The molecule has 0 spiro atoms. The Labute approximate surface area is 93.7 Å². The zero-order valence-electron chi connectivity index (χ0n) is 8.42. The van der Waals surface area contributed by atoms with Crippen LogP contribution in [0.25, 0.3) is 10.1 Å². The van der Waals surface area contributed by atoms with Gasteiger partial charge in [-0.1, -0.05) is 12.1 Å². The summed E-state index contributed by atoms with van der Waals surface area (Å²) in [6.45, 7) is 0. The average molecular weight is 243 g/mol. The molecule has 1 heterocycles. The summed E-state index contributed by atoms with van der Waals surface area (Å²) >= 11 is 0. The highest BCUT2D eigenvalue weighted by Gasteiger charge is 2.50. The van der Waals surface area contributed by atoms with Crippen LogP contribution in [0.2, 0.25) is 0 Å². The number of halogens is 3. The lowest BCUT2D eigenvalue weighted by Gasteiger charge is -1.98. The van der Waals surface area contributed by atoms with E-state index in [1.807, 2.05) is 0 Å². The largest absolute Gasteiger partial charge is 0.600 e. The zero-order valence-corrected chi connectivity index (χ0v) is 9.24. The van der Waals surface area contributed by atoms with Crippen LogP contribution in [0.3, 0.4) is 0 Å². The van der Waals surface area contributed by atoms with Gasteiger partial charge in [-0.2, -0.15) is 0 Å². The summed E-state index contributed by atoms with van der Waals surface area (Å²) in [7, 11) is -1.66. The minimum absolute atomic E-state index is 0.178. The van der Waals surface area contributed by atoms with Crippen molar-refractivity contribution in [3.8, 4) is 0 Å². The van der Waals surface area contributed by atoms with Crippen molar-refractivity contribution in [3.63, 3.8) is 0 Å². The topological polar surface area (TPSA) is 0 Å². The van der Waals surface area contributed by atoms with Gasteiger partial charge in [-0.3, -0.25) is 0 Å². The molecule has 0 N–H and O–H groups in total. The molecule has 4 heteroatoms. The molecule has 0 bridgehead atoms. The van der Waals surface area contributed by atoms with Crippen molar-refractivity contribution in [3.05, 3.63) is 35.2 Å². The smallest absolute Gasteiger partial charge is 0.118 e. The second kappa shape index (κ2) is 3.23. The van der Waals surface area contributed by atoms with Crippen LogP contribution >= 0.6 is 10.5 Å². The molecule has 0 amide bonds. The molecule has 0 nitrogen and oxygen atoms in total. The Bertz CT molecular complexity index is 535. The van der Waals surface area contributed by atoms with Crippen LogP contribution in [-0.4, -0.2) is 0 Å². The molecular formula is C12H10F3S+. The predicted molar refractivity (Wildman–Crippen MR) is 59.7 cm³/mol. The molecule has 1 aliphatic carbocycles. The van der Waals surface area contributed by atoms with Crippen molar-refractivity contribution in [2.75, 3.05) is 0 Å². The van der Waals surface area contributed by atoms with Gasteiger partial charge in [0.15, 0.2) is 9.58 Å². The zero-order chi connectivity index (χ0) is 11.3. The fraction of sp³-hybridized carbons (Fsp3) is 0.333. The van der Waals surface area contributed by atoms with E-state index in [0.717, 1.165) is 18.2 Å². The van der Waals surface area contributed by atoms with Crippen molar-refractivity contribution in [2.45, 2.75) is 24.3 Å². The van der Waals surface area contributed by atoms with Crippen LogP contribution in [0.4, 0.5) is 13.2 Å². The van der Waals surface area contributed by atoms with Gasteiger partial charge in [0, 0.05) is 17.4 Å². The molecule has 0 saturated heterocycles. The van der Waals surface area contributed by atoms with Gasteiger partial charge in [0.2, 0.25) is 0 Å². The minimum atomic E-state index is -4.12.